The van der Waals surface area contributed by atoms with Gasteiger partial charge < -0.3 is 4.90 Å². The summed E-state index contributed by atoms with van der Waals surface area (Å²) in [6.07, 6.45) is 5.22. The van der Waals surface area contributed by atoms with E-state index < -0.39 is 0 Å². The molecule has 0 aliphatic carbocycles. The standard InChI is InChI=1S/C18H22ClNO2/c1-13(2)5-10-17(21)20-11-3-4-15(12-20)18(22)14-6-8-16(19)9-7-14/h5-10,13,15H,3-4,11-12H2,1-2H3/b10-5+/t15-/m0/s1. The topological polar surface area (TPSA) is 37.4 Å². The Morgan fingerprint density at radius 2 is 1.95 bits per heavy atom. The van der Waals surface area contributed by atoms with Gasteiger partial charge in [0.2, 0.25) is 5.91 Å². The van der Waals surface area contributed by atoms with E-state index in [1.165, 1.54) is 0 Å². The molecular weight excluding hydrogens is 298 g/mol. The SMILES string of the molecule is CC(C)/C=C/C(=O)N1CCC[C@H](C(=O)c2ccc(Cl)cc2)C1. The van der Waals surface area contributed by atoms with Crippen molar-refractivity contribution >= 4 is 23.3 Å². The Labute approximate surface area is 137 Å². The number of carbonyl (C=O) groups is 2. The molecule has 4 heteroatoms. The third kappa shape index (κ3) is 4.44. The van der Waals surface area contributed by atoms with E-state index in [0.29, 0.717) is 23.0 Å². The van der Waals surface area contributed by atoms with Crippen LogP contribution in [0.15, 0.2) is 36.4 Å². The molecule has 0 N–H and O–H groups in total. The Morgan fingerprint density at radius 3 is 2.59 bits per heavy atom. The van der Waals surface area contributed by atoms with E-state index in [4.69, 9.17) is 11.6 Å². The third-order valence-corrected chi connectivity index (χ3v) is 4.11. The van der Waals surface area contributed by atoms with Gasteiger partial charge in [0.1, 0.15) is 0 Å². The Balaban J connectivity index is 2.02. The number of allylic oxidation sites excluding steroid dienone is 1. The lowest BCUT2D eigenvalue weighted by Gasteiger charge is -2.31. The van der Waals surface area contributed by atoms with Gasteiger partial charge >= 0.3 is 0 Å². The average Bonchev–Trinajstić information content (AvgIpc) is 2.52. The van der Waals surface area contributed by atoms with Crippen LogP contribution in [-0.2, 0) is 4.79 Å². The molecule has 1 atom stereocenters. The highest BCUT2D eigenvalue weighted by molar-refractivity contribution is 6.30. The molecule has 118 valence electrons. The predicted octanol–water partition coefficient (Wildman–Crippen LogP) is 3.97. The van der Waals surface area contributed by atoms with Gasteiger partial charge in [0.05, 0.1) is 0 Å². The summed E-state index contributed by atoms with van der Waals surface area (Å²) >= 11 is 5.86. The predicted molar refractivity (Wildman–Crippen MR) is 89.1 cm³/mol. The van der Waals surface area contributed by atoms with Crippen molar-refractivity contribution in [3.05, 3.63) is 47.0 Å². The number of benzene rings is 1. The normalized spacial score (nSPS) is 18.9. The molecule has 3 nitrogen and oxygen atoms in total. The molecule has 0 bridgehead atoms. The van der Waals surface area contributed by atoms with Gasteiger partial charge in [-0.1, -0.05) is 31.5 Å². The van der Waals surface area contributed by atoms with Gasteiger partial charge in [-0.2, -0.15) is 0 Å². The average molecular weight is 320 g/mol. The molecule has 1 fully saturated rings. The zero-order chi connectivity index (χ0) is 16.1. The lowest BCUT2D eigenvalue weighted by atomic mass is 9.90. The number of rotatable bonds is 4. The maximum Gasteiger partial charge on any atom is 0.246 e. The lowest BCUT2D eigenvalue weighted by molar-refractivity contribution is -0.127. The molecule has 0 saturated carbocycles. The van der Waals surface area contributed by atoms with Crippen LogP contribution in [0.3, 0.4) is 0 Å². The van der Waals surface area contributed by atoms with E-state index in [1.54, 1.807) is 35.2 Å². The second-order valence-electron chi connectivity index (χ2n) is 6.10. The summed E-state index contributed by atoms with van der Waals surface area (Å²) in [4.78, 5) is 26.5. The lowest BCUT2D eigenvalue weighted by Crippen LogP contribution is -2.41. The highest BCUT2D eigenvalue weighted by Gasteiger charge is 2.28. The molecule has 22 heavy (non-hydrogen) atoms. The third-order valence-electron chi connectivity index (χ3n) is 3.86. The summed E-state index contributed by atoms with van der Waals surface area (Å²) in [7, 11) is 0. The summed E-state index contributed by atoms with van der Waals surface area (Å²) in [5.41, 5.74) is 0.668. The van der Waals surface area contributed by atoms with Crippen LogP contribution in [-0.4, -0.2) is 29.7 Å². The molecule has 0 unspecified atom stereocenters. The number of carbonyl (C=O) groups excluding carboxylic acids is 2. The quantitative estimate of drug-likeness (QED) is 0.622. The van der Waals surface area contributed by atoms with E-state index in [9.17, 15) is 9.59 Å². The van der Waals surface area contributed by atoms with E-state index in [1.807, 2.05) is 19.9 Å². The molecule has 1 saturated heterocycles. The number of piperidine rings is 1. The van der Waals surface area contributed by atoms with Crippen molar-refractivity contribution in [3.8, 4) is 0 Å². The molecule has 1 heterocycles. The molecule has 1 aromatic rings. The summed E-state index contributed by atoms with van der Waals surface area (Å²) < 4.78 is 0. The van der Waals surface area contributed by atoms with E-state index in [0.717, 1.165) is 19.4 Å². The summed E-state index contributed by atoms with van der Waals surface area (Å²) in [6.45, 7) is 5.30. The van der Waals surface area contributed by atoms with Crippen LogP contribution < -0.4 is 0 Å². The van der Waals surface area contributed by atoms with Crippen LogP contribution in [0, 0.1) is 11.8 Å². The van der Waals surface area contributed by atoms with Gasteiger partial charge in [0.25, 0.3) is 0 Å². The smallest absolute Gasteiger partial charge is 0.246 e. The molecule has 1 aliphatic rings. The van der Waals surface area contributed by atoms with Gasteiger partial charge in [0, 0.05) is 29.6 Å². The number of nitrogens with zero attached hydrogens (tertiary/aromatic N) is 1. The fraction of sp³-hybridized carbons (Fsp3) is 0.444. The van der Waals surface area contributed by atoms with E-state index >= 15 is 0 Å². The minimum Gasteiger partial charge on any atom is -0.338 e. The zero-order valence-corrected chi connectivity index (χ0v) is 13.8. The fourth-order valence-electron chi connectivity index (χ4n) is 2.62. The van der Waals surface area contributed by atoms with E-state index in [2.05, 4.69) is 0 Å². The number of hydrogen-bond acceptors (Lipinski definition) is 2. The molecule has 2 rings (SSSR count). The molecule has 1 aliphatic heterocycles. The second kappa shape index (κ2) is 7.59. The first kappa shape index (κ1) is 16.8. The van der Waals surface area contributed by atoms with Crippen LogP contribution in [0.2, 0.25) is 5.02 Å². The highest BCUT2D eigenvalue weighted by atomic mass is 35.5. The zero-order valence-electron chi connectivity index (χ0n) is 13.1. The van der Waals surface area contributed by atoms with Crippen molar-refractivity contribution in [1.29, 1.82) is 0 Å². The van der Waals surface area contributed by atoms with E-state index in [-0.39, 0.29) is 17.6 Å². The van der Waals surface area contributed by atoms with Crippen LogP contribution in [0.5, 0.6) is 0 Å². The maximum atomic E-state index is 12.5. The van der Waals surface area contributed by atoms with Crippen LogP contribution in [0.4, 0.5) is 0 Å². The first-order valence-electron chi connectivity index (χ1n) is 7.74. The largest absolute Gasteiger partial charge is 0.338 e. The van der Waals surface area contributed by atoms with Crippen molar-refractivity contribution in [1.82, 2.24) is 4.90 Å². The van der Waals surface area contributed by atoms with Crippen molar-refractivity contribution in [2.75, 3.05) is 13.1 Å². The van der Waals surface area contributed by atoms with Gasteiger partial charge in [-0.05, 0) is 49.1 Å². The van der Waals surface area contributed by atoms with Crippen molar-refractivity contribution in [3.63, 3.8) is 0 Å². The fourth-order valence-corrected chi connectivity index (χ4v) is 2.75. The number of ketones is 1. The van der Waals surface area contributed by atoms with Gasteiger partial charge in [-0.3, -0.25) is 9.59 Å². The van der Waals surface area contributed by atoms with Crippen molar-refractivity contribution in [2.24, 2.45) is 11.8 Å². The Hall–Kier alpha value is -1.61. The number of amides is 1. The van der Waals surface area contributed by atoms with Gasteiger partial charge in [-0.25, -0.2) is 0 Å². The number of halogens is 1. The molecular formula is C18H22ClNO2. The molecule has 0 radical (unpaired) electrons. The molecule has 1 amide bonds. The Kier molecular flexibility index (Phi) is 5.78. The second-order valence-corrected chi connectivity index (χ2v) is 6.53. The number of Topliss-reactive ketones (excluding diaryl/α,β-unsaturated/α-hetero) is 1. The van der Waals surface area contributed by atoms with Crippen molar-refractivity contribution in [2.45, 2.75) is 26.7 Å². The van der Waals surface area contributed by atoms with Crippen LogP contribution in [0.1, 0.15) is 37.0 Å². The summed E-state index contributed by atoms with van der Waals surface area (Å²) in [5, 5.41) is 0.621. The first-order chi connectivity index (χ1) is 10.5. The number of likely N-dealkylation sites (tertiary alicyclic amines) is 1. The van der Waals surface area contributed by atoms with Crippen LogP contribution >= 0.6 is 11.6 Å². The molecule has 0 aromatic heterocycles. The Morgan fingerprint density at radius 1 is 1.27 bits per heavy atom. The minimum absolute atomic E-state index is 0.00214. The maximum absolute atomic E-state index is 12.5. The monoisotopic (exact) mass is 319 g/mol. The van der Waals surface area contributed by atoms with Crippen molar-refractivity contribution < 1.29 is 9.59 Å². The minimum atomic E-state index is -0.119. The number of hydrogen-bond donors (Lipinski definition) is 0. The van der Waals surface area contributed by atoms with Gasteiger partial charge in [0.15, 0.2) is 5.78 Å². The highest BCUT2D eigenvalue weighted by Crippen LogP contribution is 2.22. The van der Waals surface area contributed by atoms with Crippen LogP contribution in [0.25, 0.3) is 0 Å². The summed E-state index contributed by atoms with van der Waals surface area (Å²) in [6, 6.07) is 6.96. The summed E-state index contributed by atoms with van der Waals surface area (Å²) in [5.74, 6) is 0.330. The molecule has 0 spiro atoms. The Bertz CT molecular complexity index is 563. The molecule has 1 aromatic carbocycles. The first-order valence-corrected chi connectivity index (χ1v) is 8.12. The van der Waals surface area contributed by atoms with Gasteiger partial charge in [-0.15, -0.1) is 0 Å².